The summed E-state index contributed by atoms with van der Waals surface area (Å²) in [6, 6.07) is 3.37. The van der Waals surface area contributed by atoms with Crippen molar-refractivity contribution in [2.24, 2.45) is 0 Å². The van der Waals surface area contributed by atoms with Gasteiger partial charge in [-0.15, -0.1) is 11.3 Å². The average Bonchev–Trinajstić information content (AvgIpc) is 2.90. The lowest BCUT2D eigenvalue weighted by Gasteiger charge is -1.99. The lowest BCUT2D eigenvalue weighted by molar-refractivity contribution is 0.0974. The average molecular weight is 285 g/mol. The first-order chi connectivity index (χ1) is 8.61. The molecule has 0 atom stereocenters. The lowest BCUT2D eigenvalue weighted by atomic mass is 10.3. The van der Waals surface area contributed by atoms with Gasteiger partial charge in [-0.25, -0.2) is 4.79 Å². The van der Waals surface area contributed by atoms with E-state index in [2.05, 4.69) is 0 Å². The second-order valence-electron chi connectivity index (χ2n) is 3.93. The van der Waals surface area contributed by atoms with E-state index in [0.717, 1.165) is 6.42 Å². The molecule has 0 saturated carbocycles. The molecule has 0 fully saturated rings. The van der Waals surface area contributed by atoms with Crippen molar-refractivity contribution in [3.8, 4) is 0 Å². The molecule has 0 amide bonds. The molecule has 0 aromatic carbocycles. The number of carbonyl (C=O) groups is 1. The fourth-order valence-electron chi connectivity index (χ4n) is 1.68. The maximum absolute atomic E-state index is 11.9. The van der Waals surface area contributed by atoms with E-state index in [4.69, 9.17) is 11.6 Å². The van der Waals surface area contributed by atoms with Gasteiger partial charge < -0.3 is 0 Å². The lowest BCUT2D eigenvalue weighted by Crippen LogP contribution is -2.26. The first-order valence-corrected chi connectivity index (χ1v) is 6.85. The molecule has 0 bridgehead atoms. The summed E-state index contributed by atoms with van der Waals surface area (Å²) in [4.78, 5) is 24.4. The highest BCUT2D eigenvalue weighted by molar-refractivity contribution is 7.18. The predicted molar refractivity (Wildman–Crippen MR) is 72.6 cm³/mol. The number of aryl methyl sites for hydroxylation is 1. The van der Waals surface area contributed by atoms with Crippen LogP contribution in [0, 0.1) is 0 Å². The van der Waals surface area contributed by atoms with E-state index in [1.54, 1.807) is 29.1 Å². The summed E-state index contributed by atoms with van der Waals surface area (Å²) in [7, 11) is 0. The predicted octanol–water partition coefficient (Wildman–Crippen LogP) is 2.66. The van der Waals surface area contributed by atoms with Gasteiger partial charge in [-0.05, 0) is 18.6 Å². The van der Waals surface area contributed by atoms with Gasteiger partial charge in [0.15, 0.2) is 5.78 Å². The molecule has 0 aliphatic heterocycles. The van der Waals surface area contributed by atoms with Crippen LogP contribution in [0.5, 0.6) is 0 Å². The molecule has 0 radical (unpaired) electrons. The van der Waals surface area contributed by atoms with Gasteiger partial charge in [0.25, 0.3) is 0 Å². The molecule has 6 heteroatoms. The van der Waals surface area contributed by atoms with Gasteiger partial charge in [0, 0.05) is 18.9 Å². The first kappa shape index (κ1) is 13.1. The number of nitrogens with zero attached hydrogens (tertiary/aromatic N) is 2. The summed E-state index contributed by atoms with van der Waals surface area (Å²) in [5.41, 5.74) is -0.146. The Kier molecular flexibility index (Phi) is 4.04. The van der Waals surface area contributed by atoms with Gasteiger partial charge in [-0.3, -0.25) is 13.9 Å². The Balaban J connectivity index is 2.15. The highest BCUT2D eigenvalue weighted by Crippen LogP contribution is 2.21. The number of hydrogen-bond acceptors (Lipinski definition) is 3. The molecule has 0 saturated heterocycles. The van der Waals surface area contributed by atoms with Crippen molar-refractivity contribution in [2.75, 3.05) is 0 Å². The highest BCUT2D eigenvalue weighted by Gasteiger charge is 2.11. The number of rotatable bonds is 5. The number of hydrogen-bond donors (Lipinski definition) is 0. The van der Waals surface area contributed by atoms with E-state index < -0.39 is 0 Å². The van der Waals surface area contributed by atoms with Crippen LogP contribution in [0.15, 0.2) is 29.3 Å². The molecule has 2 heterocycles. The second kappa shape index (κ2) is 5.54. The summed E-state index contributed by atoms with van der Waals surface area (Å²) in [5, 5.41) is 0. The summed E-state index contributed by atoms with van der Waals surface area (Å²) < 4.78 is 3.61. The third-order valence-corrected chi connectivity index (χ3v) is 3.82. The van der Waals surface area contributed by atoms with Crippen molar-refractivity contribution in [3.63, 3.8) is 0 Å². The molecule has 2 rings (SSSR count). The summed E-state index contributed by atoms with van der Waals surface area (Å²) in [6.45, 7) is 2.74. The monoisotopic (exact) mass is 284 g/mol. The van der Waals surface area contributed by atoms with Gasteiger partial charge in [-0.1, -0.05) is 18.5 Å². The third kappa shape index (κ3) is 2.73. The molecule has 96 valence electrons. The van der Waals surface area contributed by atoms with Crippen molar-refractivity contribution in [1.29, 1.82) is 0 Å². The van der Waals surface area contributed by atoms with E-state index in [-0.39, 0.29) is 18.0 Å². The highest BCUT2D eigenvalue weighted by atomic mass is 35.5. The van der Waals surface area contributed by atoms with Crippen LogP contribution >= 0.6 is 22.9 Å². The van der Waals surface area contributed by atoms with Crippen LogP contribution in [-0.2, 0) is 13.1 Å². The van der Waals surface area contributed by atoms with E-state index in [1.807, 2.05) is 6.92 Å². The molecule has 0 spiro atoms. The van der Waals surface area contributed by atoms with E-state index >= 15 is 0 Å². The minimum Gasteiger partial charge on any atom is -0.299 e. The Morgan fingerprint density at radius 3 is 2.67 bits per heavy atom. The smallest absolute Gasteiger partial charge is 0.299 e. The van der Waals surface area contributed by atoms with E-state index in [0.29, 0.717) is 15.8 Å². The standard InChI is InChI=1S/C12H13ClN2O2S/c1-2-5-14-6-7-15(12(14)17)8-9(16)10-3-4-11(13)18-10/h3-4,6-7H,2,5,8H2,1H3. The molecule has 4 nitrogen and oxygen atoms in total. The Labute approximate surface area is 113 Å². The molecule has 0 N–H and O–H groups in total. The van der Waals surface area contributed by atoms with Crippen LogP contribution in [0.25, 0.3) is 0 Å². The van der Waals surface area contributed by atoms with Crippen LogP contribution in [0.1, 0.15) is 23.0 Å². The Morgan fingerprint density at radius 1 is 1.33 bits per heavy atom. The topological polar surface area (TPSA) is 44.0 Å². The van der Waals surface area contributed by atoms with Crippen molar-refractivity contribution >= 4 is 28.7 Å². The maximum atomic E-state index is 11.9. The zero-order valence-corrected chi connectivity index (χ0v) is 11.5. The van der Waals surface area contributed by atoms with Crippen LogP contribution in [0.3, 0.4) is 0 Å². The van der Waals surface area contributed by atoms with Crippen molar-refractivity contribution < 1.29 is 4.79 Å². The minimum absolute atomic E-state index is 0.0619. The van der Waals surface area contributed by atoms with Crippen molar-refractivity contribution in [3.05, 3.63) is 44.2 Å². The Morgan fingerprint density at radius 2 is 2.06 bits per heavy atom. The zero-order chi connectivity index (χ0) is 13.1. The normalized spacial score (nSPS) is 10.8. The van der Waals surface area contributed by atoms with Gasteiger partial charge in [0.2, 0.25) is 0 Å². The van der Waals surface area contributed by atoms with Gasteiger partial charge >= 0.3 is 5.69 Å². The van der Waals surface area contributed by atoms with Crippen molar-refractivity contribution in [2.45, 2.75) is 26.4 Å². The molecule has 2 aromatic heterocycles. The number of thiophene rings is 1. The van der Waals surface area contributed by atoms with Crippen LogP contribution in [-0.4, -0.2) is 14.9 Å². The second-order valence-corrected chi connectivity index (χ2v) is 5.64. The Bertz CT molecular complexity index is 612. The fraction of sp³-hybridized carbons (Fsp3) is 0.333. The first-order valence-electron chi connectivity index (χ1n) is 5.66. The molecule has 18 heavy (non-hydrogen) atoms. The van der Waals surface area contributed by atoms with Crippen molar-refractivity contribution in [1.82, 2.24) is 9.13 Å². The summed E-state index contributed by atoms with van der Waals surface area (Å²) in [5.74, 6) is -0.0942. The molecular weight excluding hydrogens is 272 g/mol. The van der Waals surface area contributed by atoms with Gasteiger partial charge in [0.05, 0.1) is 15.8 Å². The third-order valence-electron chi connectivity index (χ3n) is 2.54. The number of aromatic nitrogens is 2. The number of halogens is 1. The number of carbonyl (C=O) groups excluding carboxylic acids is 1. The zero-order valence-electron chi connectivity index (χ0n) is 9.93. The fourth-order valence-corrected chi connectivity index (χ4v) is 2.65. The summed E-state index contributed by atoms with van der Waals surface area (Å²) in [6.07, 6.45) is 4.24. The van der Waals surface area contributed by atoms with E-state index in [9.17, 15) is 9.59 Å². The molecule has 2 aromatic rings. The quantitative estimate of drug-likeness (QED) is 0.792. The van der Waals surface area contributed by atoms with Gasteiger partial charge in [0.1, 0.15) is 0 Å². The van der Waals surface area contributed by atoms with Crippen LogP contribution in [0.2, 0.25) is 4.34 Å². The number of imidazole rings is 1. The summed E-state index contributed by atoms with van der Waals surface area (Å²) >= 11 is 7.01. The minimum atomic E-state index is -0.146. The maximum Gasteiger partial charge on any atom is 0.328 e. The SMILES string of the molecule is CCCn1ccn(CC(=O)c2ccc(Cl)s2)c1=O. The molecule has 0 aliphatic rings. The Hall–Kier alpha value is -1.33. The molecular formula is C12H13ClN2O2S. The molecule has 0 aliphatic carbocycles. The number of Topliss-reactive ketones (excluding diaryl/α,β-unsaturated/α-hetero) is 1. The van der Waals surface area contributed by atoms with E-state index in [1.165, 1.54) is 15.9 Å². The van der Waals surface area contributed by atoms with Crippen LogP contribution < -0.4 is 5.69 Å². The number of ketones is 1. The largest absolute Gasteiger partial charge is 0.328 e. The molecule has 0 unspecified atom stereocenters. The van der Waals surface area contributed by atoms with Gasteiger partial charge in [-0.2, -0.15) is 0 Å². The van der Waals surface area contributed by atoms with Crippen LogP contribution in [0.4, 0.5) is 0 Å².